The lowest BCUT2D eigenvalue weighted by Gasteiger charge is -2.04. The smallest absolute Gasteiger partial charge is 0.188 e. The Labute approximate surface area is 120 Å². The van der Waals surface area contributed by atoms with Crippen LogP contribution >= 0.6 is 23.7 Å². The van der Waals surface area contributed by atoms with Crippen LogP contribution < -0.4 is 10.1 Å². The highest BCUT2D eigenvalue weighted by molar-refractivity contribution is 7.22. The lowest BCUT2D eigenvalue weighted by atomic mass is 10.3. The summed E-state index contributed by atoms with van der Waals surface area (Å²) in [5.41, 5.74) is 1.87. The van der Waals surface area contributed by atoms with Crippen LogP contribution in [-0.4, -0.2) is 17.1 Å². The van der Waals surface area contributed by atoms with Gasteiger partial charge in [0.05, 0.1) is 18.0 Å². The first-order valence-corrected chi connectivity index (χ1v) is 6.28. The zero-order valence-electron chi connectivity index (χ0n) is 10.2. The van der Waals surface area contributed by atoms with E-state index in [0.717, 1.165) is 26.8 Å². The number of hydrogen-bond acceptors (Lipinski definition) is 5. The molecule has 4 nitrogen and oxygen atoms in total. The van der Waals surface area contributed by atoms with Gasteiger partial charge < -0.3 is 10.1 Å². The number of hydrogen-bond donors (Lipinski definition) is 1. The summed E-state index contributed by atoms with van der Waals surface area (Å²) in [6.45, 7) is 0. The molecule has 1 N–H and O–H groups in total. The number of rotatable bonds is 3. The van der Waals surface area contributed by atoms with Crippen molar-refractivity contribution in [1.29, 1.82) is 0 Å². The molecule has 0 fully saturated rings. The third-order valence-electron chi connectivity index (χ3n) is 2.51. The van der Waals surface area contributed by atoms with E-state index in [1.54, 1.807) is 30.8 Å². The second-order valence-electron chi connectivity index (χ2n) is 3.72. The lowest BCUT2D eigenvalue weighted by molar-refractivity contribution is 0.415. The van der Waals surface area contributed by atoms with E-state index >= 15 is 0 Å². The van der Waals surface area contributed by atoms with E-state index in [1.165, 1.54) is 0 Å². The predicted octanol–water partition coefficient (Wildman–Crippen LogP) is 3.87. The highest BCUT2D eigenvalue weighted by atomic mass is 35.5. The highest BCUT2D eigenvalue weighted by Gasteiger charge is 2.04. The van der Waals surface area contributed by atoms with Gasteiger partial charge in [-0.05, 0) is 18.2 Å². The Morgan fingerprint density at radius 3 is 2.95 bits per heavy atom. The number of nitrogens with zero attached hydrogens (tertiary/aromatic N) is 2. The van der Waals surface area contributed by atoms with E-state index in [9.17, 15) is 0 Å². The van der Waals surface area contributed by atoms with Gasteiger partial charge in [0, 0.05) is 18.0 Å². The Morgan fingerprint density at radius 1 is 1.26 bits per heavy atom. The Balaban J connectivity index is 0.00000133. The summed E-state index contributed by atoms with van der Waals surface area (Å²) in [7, 11) is 1.66. The first-order valence-electron chi connectivity index (χ1n) is 5.47. The average molecular weight is 294 g/mol. The summed E-state index contributed by atoms with van der Waals surface area (Å²) < 4.78 is 6.31. The third-order valence-corrected chi connectivity index (χ3v) is 3.46. The van der Waals surface area contributed by atoms with Gasteiger partial charge in [-0.3, -0.25) is 4.98 Å². The molecule has 98 valence electrons. The Morgan fingerprint density at radius 2 is 2.16 bits per heavy atom. The normalized spacial score (nSPS) is 9.95. The molecule has 0 radical (unpaired) electrons. The molecule has 3 rings (SSSR count). The van der Waals surface area contributed by atoms with Gasteiger partial charge in [0.25, 0.3) is 0 Å². The van der Waals surface area contributed by atoms with Crippen molar-refractivity contribution in [1.82, 2.24) is 9.97 Å². The van der Waals surface area contributed by atoms with Gasteiger partial charge in [-0.2, -0.15) is 0 Å². The largest absolute Gasteiger partial charge is 0.497 e. The molecular formula is C13H12ClN3OS. The standard InChI is InChI=1S/C13H11N3OS.ClH/c1-17-10-4-2-3-9(7-10)15-13-16-11-8-14-6-5-12(11)18-13;/h2-8H,1H3,(H,15,16);1H. The minimum atomic E-state index is 0. The number of ether oxygens (including phenoxy) is 1. The topological polar surface area (TPSA) is 47.0 Å². The van der Waals surface area contributed by atoms with Gasteiger partial charge in [-0.15, -0.1) is 12.4 Å². The molecular weight excluding hydrogens is 282 g/mol. The SMILES string of the molecule is COc1cccc(Nc2nc3cnccc3s2)c1.Cl. The molecule has 0 bridgehead atoms. The molecule has 1 aromatic carbocycles. The molecule has 0 saturated carbocycles. The van der Waals surface area contributed by atoms with E-state index in [1.807, 2.05) is 30.3 Å². The van der Waals surface area contributed by atoms with Gasteiger partial charge in [0.15, 0.2) is 5.13 Å². The highest BCUT2D eigenvalue weighted by Crippen LogP contribution is 2.28. The second-order valence-corrected chi connectivity index (χ2v) is 4.75. The number of thiazole rings is 1. The van der Waals surface area contributed by atoms with Crippen LogP contribution in [0.25, 0.3) is 10.2 Å². The lowest BCUT2D eigenvalue weighted by Crippen LogP contribution is -1.90. The molecule has 0 spiro atoms. The fourth-order valence-electron chi connectivity index (χ4n) is 1.66. The van der Waals surface area contributed by atoms with Crippen molar-refractivity contribution in [2.45, 2.75) is 0 Å². The number of benzene rings is 1. The van der Waals surface area contributed by atoms with Crippen molar-refractivity contribution in [2.75, 3.05) is 12.4 Å². The third kappa shape index (κ3) is 2.94. The molecule has 0 saturated heterocycles. The summed E-state index contributed by atoms with van der Waals surface area (Å²) in [6.07, 6.45) is 3.54. The van der Waals surface area contributed by atoms with Crippen LogP contribution in [0.3, 0.4) is 0 Å². The number of aromatic nitrogens is 2. The Hall–Kier alpha value is -1.85. The van der Waals surface area contributed by atoms with E-state index in [0.29, 0.717) is 0 Å². The van der Waals surface area contributed by atoms with Crippen LogP contribution in [0.4, 0.5) is 10.8 Å². The molecule has 0 unspecified atom stereocenters. The van der Waals surface area contributed by atoms with Crippen molar-refractivity contribution >= 4 is 44.8 Å². The number of nitrogens with one attached hydrogen (secondary N) is 1. The maximum atomic E-state index is 5.18. The number of fused-ring (bicyclic) bond motifs is 1. The number of anilines is 2. The van der Waals surface area contributed by atoms with Crippen LogP contribution in [0.2, 0.25) is 0 Å². The van der Waals surface area contributed by atoms with Gasteiger partial charge in [-0.25, -0.2) is 4.98 Å². The maximum absolute atomic E-state index is 5.18. The minimum absolute atomic E-state index is 0. The molecule has 0 aliphatic rings. The zero-order chi connectivity index (χ0) is 12.4. The number of pyridine rings is 1. The van der Waals surface area contributed by atoms with E-state index in [2.05, 4.69) is 15.3 Å². The van der Waals surface area contributed by atoms with Gasteiger partial charge in [0.2, 0.25) is 0 Å². The molecule has 0 aliphatic carbocycles. The quantitative estimate of drug-likeness (QED) is 0.796. The van der Waals surface area contributed by atoms with Gasteiger partial charge in [-0.1, -0.05) is 17.4 Å². The Kier molecular flexibility index (Phi) is 4.19. The van der Waals surface area contributed by atoms with Crippen LogP contribution in [0, 0.1) is 0 Å². The average Bonchev–Trinajstić information content (AvgIpc) is 2.81. The molecule has 0 atom stereocenters. The van der Waals surface area contributed by atoms with E-state index in [-0.39, 0.29) is 12.4 Å². The van der Waals surface area contributed by atoms with Gasteiger partial charge >= 0.3 is 0 Å². The summed E-state index contributed by atoms with van der Waals surface area (Å²) in [5, 5.41) is 4.12. The molecule has 6 heteroatoms. The van der Waals surface area contributed by atoms with Crippen LogP contribution in [0.5, 0.6) is 5.75 Å². The fraction of sp³-hybridized carbons (Fsp3) is 0.0769. The fourth-order valence-corrected chi connectivity index (χ4v) is 2.51. The predicted molar refractivity (Wildman–Crippen MR) is 80.9 cm³/mol. The summed E-state index contributed by atoms with van der Waals surface area (Å²) in [6, 6.07) is 9.73. The van der Waals surface area contributed by atoms with Crippen molar-refractivity contribution in [2.24, 2.45) is 0 Å². The first kappa shape index (κ1) is 13.6. The number of methoxy groups -OCH3 is 1. The minimum Gasteiger partial charge on any atom is -0.497 e. The van der Waals surface area contributed by atoms with Crippen molar-refractivity contribution in [3.05, 3.63) is 42.7 Å². The molecule has 2 aromatic heterocycles. The van der Waals surface area contributed by atoms with E-state index < -0.39 is 0 Å². The van der Waals surface area contributed by atoms with Crippen molar-refractivity contribution in [3.63, 3.8) is 0 Å². The monoisotopic (exact) mass is 293 g/mol. The molecule has 3 aromatic rings. The van der Waals surface area contributed by atoms with Crippen LogP contribution in [0.15, 0.2) is 42.7 Å². The zero-order valence-corrected chi connectivity index (χ0v) is 11.8. The second kappa shape index (κ2) is 5.86. The van der Waals surface area contributed by atoms with E-state index in [4.69, 9.17) is 4.74 Å². The summed E-state index contributed by atoms with van der Waals surface area (Å²) in [4.78, 5) is 8.52. The van der Waals surface area contributed by atoms with Crippen LogP contribution in [-0.2, 0) is 0 Å². The molecule has 19 heavy (non-hydrogen) atoms. The Bertz CT molecular complexity index is 653. The van der Waals surface area contributed by atoms with Crippen LogP contribution in [0.1, 0.15) is 0 Å². The number of halogens is 1. The maximum Gasteiger partial charge on any atom is 0.188 e. The van der Waals surface area contributed by atoms with Gasteiger partial charge in [0.1, 0.15) is 11.3 Å². The molecule has 0 aliphatic heterocycles. The van der Waals surface area contributed by atoms with Crippen molar-refractivity contribution in [3.8, 4) is 5.75 Å². The van der Waals surface area contributed by atoms with Crippen molar-refractivity contribution < 1.29 is 4.74 Å². The molecule has 2 heterocycles. The summed E-state index contributed by atoms with van der Waals surface area (Å²) in [5.74, 6) is 0.822. The molecule has 0 amide bonds. The first-order chi connectivity index (χ1) is 8.85. The summed E-state index contributed by atoms with van der Waals surface area (Å²) >= 11 is 1.60.